The highest BCUT2D eigenvalue weighted by Gasteiger charge is 2.34. The second-order valence-electron chi connectivity index (χ2n) is 6.25. The quantitative estimate of drug-likeness (QED) is 0.236. The van der Waals surface area contributed by atoms with Crippen LogP contribution in [0.4, 0.5) is 0 Å². The fourth-order valence-corrected chi connectivity index (χ4v) is 2.74. The Morgan fingerprint density at radius 2 is 1.68 bits per heavy atom. The zero-order chi connectivity index (χ0) is 20.3. The van der Waals surface area contributed by atoms with Crippen molar-refractivity contribution in [3.8, 4) is 23.0 Å². The van der Waals surface area contributed by atoms with Gasteiger partial charge in [0.15, 0.2) is 35.3 Å². The molecule has 12 N–H and O–H groups in total. The minimum absolute atomic E-state index is 0.237. The molecule has 28 heavy (non-hydrogen) atoms. The molecule has 3 rings (SSSR count). The summed E-state index contributed by atoms with van der Waals surface area (Å²) >= 11 is 0. The fourth-order valence-electron chi connectivity index (χ4n) is 2.74. The van der Waals surface area contributed by atoms with Crippen LogP contribution in [-0.2, 0) is 0 Å². The molecule has 0 aliphatic carbocycles. The highest BCUT2D eigenvalue weighted by Crippen LogP contribution is 2.41. The second-order valence-corrected chi connectivity index (χ2v) is 6.25. The number of hydrogen-bond acceptors (Lipinski definition) is 10. The van der Waals surface area contributed by atoms with Gasteiger partial charge in [-0.2, -0.15) is 0 Å². The van der Waals surface area contributed by atoms with Crippen LogP contribution >= 0.6 is 0 Å². The van der Waals surface area contributed by atoms with Crippen molar-refractivity contribution < 1.29 is 19.7 Å². The van der Waals surface area contributed by atoms with E-state index in [0.29, 0.717) is 17.1 Å². The van der Waals surface area contributed by atoms with Crippen molar-refractivity contribution in [2.45, 2.75) is 24.9 Å². The Morgan fingerprint density at radius 1 is 0.893 bits per heavy atom. The number of hydrogen-bond donors (Lipinski definition) is 8. The van der Waals surface area contributed by atoms with Gasteiger partial charge in [0, 0.05) is 5.56 Å². The van der Waals surface area contributed by atoms with E-state index >= 15 is 0 Å². The SMILES string of the molecule is NC(N)N/C=C/c1ccc2c(c1)O[C@H](c1ccc(O)c(O)c1)[C@H](NC(N)N)O2. The molecule has 0 saturated carbocycles. The predicted molar refractivity (Wildman–Crippen MR) is 104 cm³/mol. The third-order valence-corrected chi connectivity index (χ3v) is 4.00. The van der Waals surface area contributed by atoms with Gasteiger partial charge in [0.2, 0.25) is 0 Å². The Hall–Kier alpha value is -3.02. The van der Waals surface area contributed by atoms with Gasteiger partial charge < -0.3 is 36.5 Å². The molecule has 10 nitrogen and oxygen atoms in total. The smallest absolute Gasteiger partial charge is 0.194 e. The Labute approximate surface area is 161 Å². The summed E-state index contributed by atoms with van der Waals surface area (Å²) < 4.78 is 12.1. The number of aromatic hydroxyl groups is 2. The van der Waals surface area contributed by atoms with E-state index in [0.717, 1.165) is 5.56 Å². The van der Waals surface area contributed by atoms with E-state index in [9.17, 15) is 10.2 Å². The van der Waals surface area contributed by atoms with Crippen LogP contribution < -0.4 is 43.0 Å². The van der Waals surface area contributed by atoms with Crippen molar-refractivity contribution in [2.24, 2.45) is 22.9 Å². The molecule has 0 fully saturated rings. The number of phenols is 2. The average molecular weight is 388 g/mol. The largest absolute Gasteiger partial charge is 0.504 e. The maximum atomic E-state index is 9.83. The minimum Gasteiger partial charge on any atom is -0.504 e. The highest BCUT2D eigenvalue weighted by atomic mass is 16.6. The van der Waals surface area contributed by atoms with Crippen LogP contribution in [0, 0.1) is 0 Å². The topological polar surface area (TPSA) is 187 Å². The monoisotopic (exact) mass is 388 g/mol. The summed E-state index contributed by atoms with van der Waals surface area (Å²) in [6.07, 6.45) is 0.504. The summed E-state index contributed by atoms with van der Waals surface area (Å²) in [5.74, 6) is 0.473. The number of nitrogens with one attached hydrogen (secondary N) is 2. The Kier molecular flexibility index (Phi) is 5.87. The summed E-state index contributed by atoms with van der Waals surface area (Å²) in [7, 11) is 0. The van der Waals surface area contributed by atoms with Gasteiger partial charge in [0.25, 0.3) is 0 Å². The molecule has 1 heterocycles. The number of rotatable bonds is 6. The van der Waals surface area contributed by atoms with Gasteiger partial charge in [-0.15, -0.1) is 0 Å². The molecule has 2 aromatic carbocycles. The van der Waals surface area contributed by atoms with Crippen molar-refractivity contribution in [1.29, 1.82) is 0 Å². The Morgan fingerprint density at radius 3 is 2.36 bits per heavy atom. The molecular weight excluding hydrogens is 364 g/mol. The molecule has 1 aliphatic rings. The highest BCUT2D eigenvalue weighted by molar-refractivity contribution is 5.56. The summed E-state index contributed by atoms with van der Waals surface area (Å²) in [5, 5.41) is 25.0. The normalized spacial score (nSPS) is 18.8. The second kappa shape index (κ2) is 8.33. The number of fused-ring (bicyclic) bond motifs is 1. The molecular formula is C18H24N6O4. The maximum Gasteiger partial charge on any atom is 0.194 e. The molecule has 0 amide bonds. The maximum absolute atomic E-state index is 9.83. The molecule has 0 saturated heterocycles. The lowest BCUT2D eigenvalue weighted by Crippen LogP contribution is -2.55. The number of phenolic OH excluding ortho intramolecular Hbond substituents is 2. The van der Waals surface area contributed by atoms with E-state index in [1.807, 2.05) is 6.07 Å². The van der Waals surface area contributed by atoms with E-state index in [1.165, 1.54) is 12.1 Å². The summed E-state index contributed by atoms with van der Waals surface area (Å²) in [6, 6.07) is 9.72. The minimum atomic E-state index is -0.850. The van der Waals surface area contributed by atoms with Gasteiger partial charge in [0.05, 0.1) is 0 Å². The summed E-state index contributed by atoms with van der Waals surface area (Å²) in [6.45, 7) is 0. The standard InChI is InChI=1S/C18H24N6O4/c19-17(20)23-6-5-9-1-4-13-14(7-9)27-15(16(28-13)24-18(21)22)10-2-3-11(25)12(26)8-10/h1-8,15-18,23-26H,19-22H2/b6-5+/t15-,16-/m1/s1. The van der Waals surface area contributed by atoms with E-state index in [4.69, 9.17) is 32.4 Å². The van der Waals surface area contributed by atoms with Crippen molar-refractivity contribution in [3.05, 3.63) is 53.7 Å². The molecule has 0 radical (unpaired) electrons. The van der Waals surface area contributed by atoms with Crippen molar-refractivity contribution >= 4 is 6.08 Å². The summed E-state index contributed by atoms with van der Waals surface area (Å²) in [5.41, 5.74) is 23.5. The van der Waals surface area contributed by atoms with Crippen molar-refractivity contribution in [3.63, 3.8) is 0 Å². The molecule has 0 spiro atoms. The Bertz CT molecular complexity index is 858. The van der Waals surface area contributed by atoms with E-state index in [-0.39, 0.29) is 11.5 Å². The Balaban J connectivity index is 1.90. The lowest BCUT2D eigenvalue weighted by atomic mass is 10.1. The molecule has 0 unspecified atom stereocenters. The molecule has 2 aromatic rings. The molecule has 0 aromatic heterocycles. The fraction of sp³-hybridized carbons (Fsp3) is 0.222. The zero-order valence-electron chi connectivity index (χ0n) is 14.9. The van der Waals surface area contributed by atoms with E-state index in [2.05, 4.69) is 10.6 Å². The summed E-state index contributed by atoms with van der Waals surface area (Å²) in [4.78, 5) is 0. The van der Waals surface area contributed by atoms with Gasteiger partial charge in [-0.25, -0.2) is 0 Å². The third-order valence-electron chi connectivity index (χ3n) is 4.00. The van der Waals surface area contributed by atoms with Gasteiger partial charge in [-0.1, -0.05) is 12.1 Å². The number of ether oxygens (including phenoxy) is 2. The zero-order valence-corrected chi connectivity index (χ0v) is 14.9. The van der Waals surface area contributed by atoms with Gasteiger partial charge in [-0.05, 0) is 42.1 Å². The van der Waals surface area contributed by atoms with Crippen LogP contribution in [0.3, 0.4) is 0 Å². The molecule has 150 valence electrons. The first-order valence-electron chi connectivity index (χ1n) is 8.53. The molecule has 0 bridgehead atoms. The average Bonchev–Trinajstić information content (AvgIpc) is 2.63. The number of benzene rings is 2. The predicted octanol–water partition coefficient (Wildman–Crippen LogP) is -0.512. The van der Waals surface area contributed by atoms with Crippen LogP contribution in [0.15, 0.2) is 42.6 Å². The molecule has 2 atom stereocenters. The van der Waals surface area contributed by atoms with E-state index in [1.54, 1.807) is 30.5 Å². The third kappa shape index (κ3) is 4.63. The van der Waals surface area contributed by atoms with Crippen molar-refractivity contribution in [1.82, 2.24) is 10.6 Å². The first-order chi connectivity index (χ1) is 13.3. The van der Waals surface area contributed by atoms with E-state index < -0.39 is 24.9 Å². The number of nitrogens with two attached hydrogens (primary N) is 4. The van der Waals surface area contributed by atoms with Gasteiger partial charge in [-0.3, -0.25) is 16.8 Å². The van der Waals surface area contributed by atoms with Gasteiger partial charge in [0.1, 0.15) is 12.6 Å². The lowest BCUT2D eigenvalue weighted by Gasteiger charge is -2.35. The van der Waals surface area contributed by atoms with Gasteiger partial charge >= 0.3 is 0 Å². The lowest BCUT2D eigenvalue weighted by molar-refractivity contribution is -0.00678. The van der Waals surface area contributed by atoms with Crippen LogP contribution in [0.1, 0.15) is 17.2 Å². The van der Waals surface area contributed by atoms with Crippen LogP contribution in [0.25, 0.3) is 6.08 Å². The first-order valence-corrected chi connectivity index (χ1v) is 8.53. The molecule has 1 aliphatic heterocycles. The van der Waals surface area contributed by atoms with Crippen molar-refractivity contribution in [2.75, 3.05) is 0 Å². The first kappa shape index (κ1) is 19.7. The van der Waals surface area contributed by atoms with Crippen LogP contribution in [0.5, 0.6) is 23.0 Å². The van der Waals surface area contributed by atoms with Crippen LogP contribution in [0.2, 0.25) is 0 Å². The molecule has 10 heteroatoms. The van der Waals surface area contributed by atoms with Crippen LogP contribution in [-0.4, -0.2) is 29.0 Å².